The van der Waals surface area contributed by atoms with Gasteiger partial charge in [-0.15, -0.1) is 0 Å². The molecule has 4 nitrogen and oxygen atoms in total. The first-order valence-electron chi connectivity index (χ1n) is 7.79. The van der Waals surface area contributed by atoms with Crippen molar-refractivity contribution in [1.29, 1.82) is 0 Å². The Kier molecular flexibility index (Phi) is 4.29. The molecule has 1 aromatic carbocycles. The van der Waals surface area contributed by atoms with Crippen molar-refractivity contribution in [1.82, 2.24) is 4.90 Å². The van der Waals surface area contributed by atoms with Gasteiger partial charge in [-0.3, -0.25) is 9.69 Å². The summed E-state index contributed by atoms with van der Waals surface area (Å²) in [7, 11) is 1.93. The molecule has 2 aromatic rings. The summed E-state index contributed by atoms with van der Waals surface area (Å²) in [6, 6.07) is 9.80. The Bertz CT molecular complexity index is 649. The maximum absolute atomic E-state index is 12.4. The summed E-state index contributed by atoms with van der Waals surface area (Å²) in [6.45, 7) is 2.53. The zero-order valence-electron chi connectivity index (χ0n) is 13.1. The lowest BCUT2D eigenvalue weighted by atomic mass is 10.1. The molecule has 0 unspecified atom stereocenters. The molecule has 0 bridgehead atoms. The van der Waals surface area contributed by atoms with Crippen LogP contribution >= 0.6 is 0 Å². The van der Waals surface area contributed by atoms with Crippen LogP contribution in [0, 0.1) is 0 Å². The van der Waals surface area contributed by atoms with E-state index in [1.165, 1.54) is 17.5 Å². The average Bonchev–Trinajstić information content (AvgIpc) is 3.16. The van der Waals surface area contributed by atoms with E-state index >= 15 is 0 Å². The van der Waals surface area contributed by atoms with Gasteiger partial charge in [0.15, 0.2) is 0 Å². The highest BCUT2D eigenvalue weighted by Crippen LogP contribution is 2.25. The molecule has 1 amide bonds. The van der Waals surface area contributed by atoms with Gasteiger partial charge in [0.25, 0.3) is 0 Å². The second-order valence-corrected chi connectivity index (χ2v) is 6.00. The number of rotatable bonds is 5. The topological polar surface area (TPSA) is 45.5 Å². The third-order valence-electron chi connectivity index (χ3n) is 4.39. The van der Waals surface area contributed by atoms with E-state index in [1.807, 2.05) is 37.1 Å². The number of likely N-dealkylation sites (N-methyl/N-ethyl adjacent to an activating group) is 1. The molecule has 0 aliphatic heterocycles. The van der Waals surface area contributed by atoms with Gasteiger partial charge in [-0.1, -0.05) is 6.07 Å². The highest BCUT2D eigenvalue weighted by Gasteiger charge is 2.20. The Morgan fingerprint density at radius 3 is 2.91 bits per heavy atom. The van der Waals surface area contributed by atoms with Crippen LogP contribution in [-0.4, -0.2) is 23.9 Å². The fourth-order valence-electron chi connectivity index (χ4n) is 2.88. The Morgan fingerprint density at radius 1 is 1.32 bits per heavy atom. The van der Waals surface area contributed by atoms with Crippen LogP contribution in [-0.2, 0) is 24.2 Å². The number of nitrogens with one attached hydrogen (secondary N) is 1. The highest BCUT2D eigenvalue weighted by atomic mass is 16.3. The number of carbonyl (C=O) groups is 1. The lowest BCUT2D eigenvalue weighted by molar-refractivity contribution is -0.120. The van der Waals surface area contributed by atoms with Gasteiger partial charge in [-0.25, -0.2) is 0 Å². The van der Waals surface area contributed by atoms with Crippen LogP contribution in [0.3, 0.4) is 0 Å². The highest BCUT2D eigenvalue weighted by molar-refractivity contribution is 5.94. The molecule has 1 aromatic heterocycles. The van der Waals surface area contributed by atoms with E-state index in [1.54, 1.807) is 6.26 Å². The molecule has 4 heteroatoms. The van der Waals surface area contributed by atoms with Gasteiger partial charge < -0.3 is 9.73 Å². The standard InChI is InChI=1S/C18H22N2O2/c1-13(20(2)12-17-7-4-10-22-17)18(21)19-16-9-8-14-5-3-6-15(14)11-16/h4,7-11,13H,3,5-6,12H2,1-2H3,(H,19,21)/t13-/m0/s1. The van der Waals surface area contributed by atoms with Crippen molar-refractivity contribution in [3.63, 3.8) is 0 Å². The van der Waals surface area contributed by atoms with Crippen LogP contribution < -0.4 is 5.32 Å². The smallest absolute Gasteiger partial charge is 0.241 e. The predicted octanol–water partition coefficient (Wildman–Crippen LogP) is 3.23. The molecule has 1 N–H and O–H groups in total. The van der Waals surface area contributed by atoms with E-state index in [4.69, 9.17) is 4.42 Å². The first-order chi connectivity index (χ1) is 10.6. The van der Waals surface area contributed by atoms with Crippen molar-refractivity contribution in [2.24, 2.45) is 0 Å². The summed E-state index contributed by atoms with van der Waals surface area (Å²) in [5.41, 5.74) is 3.68. The fourth-order valence-corrected chi connectivity index (χ4v) is 2.88. The fraction of sp³-hybridized carbons (Fsp3) is 0.389. The van der Waals surface area contributed by atoms with E-state index in [0.29, 0.717) is 6.54 Å². The van der Waals surface area contributed by atoms with Crippen molar-refractivity contribution < 1.29 is 9.21 Å². The number of nitrogens with zero attached hydrogens (tertiary/aromatic N) is 1. The number of benzene rings is 1. The summed E-state index contributed by atoms with van der Waals surface area (Å²) in [5, 5.41) is 3.02. The monoisotopic (exact) mass is 298 g/mol. The molecule has 0 spiro atoms. The van der Waals surface area contributed by atoms with Gasteiger partial charge in [-0.2, -0.15) is 0 Å². The molecule has 22 heavy (non-hydrogen) atoms. The third-order valence-corrected chi connectivity index (χ3v) is 4.39. The largest absolute Gasteiger partial charge is 0.468 e. The number of amides is 1. The van der Waals surface area contributed by atoms with Gasteiger partial charge >= 0.3 is 0 Å². The number of carbonyl (C=O) groups excluding carboxylic acids is 1. The number of furan rings is 1. The summed E-state index contributed by atoms with van der Waals surface area (Å²) in [5.74, 6) is 0.867. The first-order valence-corrected chi connectivity index (χ1v) is 7.79. The minimum atomic E-state index is -0.224. The predicted molar refractivity (Wildman–Crippen MR) is 86.7 cm³/mol. The van der Waals surface area contributed by atoms with Gasteiger partial charge in [-0.05, 0) is 68.6 Å². The molecule has 0 radical (unpaired) electrons. The van der Waals surface area contributed by atoms with Crippen molar-refractivity contribution in [2.45, 2.75) is 38.8 Å². The molecule has 1 aliphatic rings. The Labute approximate surface area is 131 Å². The van der Waals surface area contributed by atoms with E-state index in [9.17, 15) is 4.79 Å². The molecule has 1 heterocycles. The molecule has 116 valence electrons. The first kappa shape index (κ1) is 14.9. The summed E-state index contributed by atoms with van der Waals surface area (Å²) in [4.78, 5) is 14.4. The summed E-state index contributed by atoms with van der Waals surface area (Å²) < 4.78 is 5.33. The van der Waals surface area contributed by atoms with E-state index in [-0.39, 0.29) is 11.9 Å². The molecule has 3 rings (SSSR count). The molecule has 0 saturated heterocycles. The minimum absolute atomic E-state index is 0.00648. The quantitative estimate of drug-likeness (QED) is 0.922. The lowest BCUT2D eigenvalue weighted by Crippen LogP contribution is -2.39. The zero-order valence-corrected chi connectivity index (χ0v) is 13.1. The van der Waals surface area contributed by atoms with Gasteiger partial charge in [0, 0.05) is 5.69 Å². The Balaban J connectivity index is 1.61. The maximum atomic E-state index is 12.4. The number of anilines is 1. The molecule has 0 saturated carbocycles. The Morgan fingerprint density at radius 2 is 2.14 bits per heavy atom. The number of fused-ring (bicyclic) bond motifs is 1. The van der Waals surface area contributed by atoms with E-state index < -0.39 is 0 Å². The number of aryl methyl sites for hydroxylation is 2. The average molecular weight is 298 g/mol. The molecule has 0 fully saturated rings. The van der Waals surface area contributed by atoms with Crippen molar-refractivity contribution in [3.8, 4) is 0 Å². The zero-order chi connectivity index (χ0) is 15.5. The van der Waals surface area contributed by atoms with Gasteiger partial charge in [0.2, 0.25) is 5.91 Å². The molecule has 1 atom stereocenters. The number of hydrogen-bond acceptors (Lipinski definition) is 3. The normalized spacial score (nSPS) is 14.9. The van der Waals surface area contributed by atoms with Crippen LogP contribution in [0.2, 0.25) is 0 Å². The minimum Gasteiger partial charge on any atom is -0.468 e. The Hall–Kier alpha value is -2.07. The van der Waals surface area contributed by atoms with Crippen molar-refractivity contribution in [2.75, 3.05) is 12.4 Å². The van der Waals surface area contributed by atoms with E-state index in [2.05, 4.69) is 17.4 Å². The lowest BCUT2D eigenvalue weighted by Gasteiger charge is -2.23. The van der Waals surface area contributed by atoms with Crippen LogP contribution in [0.5, 0.6) is 0 Å². The SMILES string of the molecule is C[C@@H](C(=O)Nc1ccc2c(c1)CCC2)N(C)Cc1ccco1. The number of hydrogen-bond donors (Lipinski definition) is 1. The van der Waals surface area contributed by atoms with Crippen LogP contribution in [0.25, 0.3) is 0 Å². The summed E-state index contributed by atoms with van der Waals surface area (Å²) in [6.07, 6.45) is 5.15. The second-order valence-electron chi connectivity index (χ2n) is 6.00. The third kappa shape index (κ3) is 3.22. The second kappa shape index (κ2) is 6.36. The molecule has 1 aliphatic carbocycles. The van der Waals surface area contributed by atoms with Crippen molar-refractivity contribution in [3.05, 3.63) is 53.5 Å². The molecular formula is C18H22N2O2. The summed E-state index contributed by atoms with van der Waals surface area (Å²) >= 11 is 0. The maximum Gasteiger partial charge on any atom is 0.241 e. The van der Waals surface area contributed by atoms with Crippen molar-refractivity contribution >= 4 is 11.6 Å². The van der Waals surface area contributed by atoms with Gasteiger partial charge in [0.05, 0.1) is 18.8 Å². The van der Waals surface area contributed by atoms with Crippen LogP contribution in [0.4, 0.5) is 5.69 Å². The molecular weight excluding hydrogens is 276 g/mol. The van der Waals surface area contributed by atoms with Gasteiger partial charge in [0.1, 0.15) is 5.76 Å². The van der Waals surface area contributed by atoms with Crippen LogP contribution in [0.15, 0.2) is 41.0 Å². The van der Waals surface area contributed by atoms with E-state index in [0.717, 1.165) is 24.3 Å². The van der Waals surface area contributed by atoms with Crippen LogP contribution in [0.1, 0.15) is 30.2 Å².